The van der Waals surface area contributed by atoms with Gasteiger partial charge < -0.3 is 19.0 Å². The normalized spacial score (nSPS) is 16.1. The Morgan fingerprint density at radius 3 is 2.47 bits per heavy atom. The smallest absolute Gasteiger partial charge is 0.305 e. The molecule has 0 amide bonds. The molecule has 0 aromatic rings. The van der Waals surface area contributed by atoms with Gasteiger partial charge in [0.05, 0.1) is 19.4 Å². The first-order chi connectivity index (χ1) is 14.4. The largest absolute Gasteiger partial charge is 0.469 e. The van der Waals surface area contributed by atoms with Crippen LogP contribution < -0.4 is 0 Å². The monoisotopic (exact) mass is 423 g/mol. The zero-order valence-corrected chi connectivity index (χ0v) is 18.4. The summed E-state index contributed by atoms with van der Waals surface area (Å²) in [5, 5.41) is 4.08. The maximum absolute atomic E-state index is 11.5. The highest BCUT2D eigenvalue weighted by Gasteiger charge is 2.21. The molecular formula is C22H33NO7. The maximum Gasteiger partial charge on any atom is 0.305 e. The molecule has 0 aromatic heterocycles. The molecule has 0 saturated carbocycles. The van der Waals surface area contributed by atoms with Gasteiger partial charge in [0.1, 0.15) is 13.2 Å². The molecule has 0 N–H and O–H groups in total. The highest BCUT2D eigenvalue weighted by Crippen LogP contribution is 2.29. The molecule has 0 spiro atoms. The molecule has 168 valence electrons. The van der Waals surface area contributed by atoms with Crippen molar-refractivity contribution in [2.24, 2.45) is 5.16 Å². The SMILES string of the molecule is CO/N=C1/CCC(/C=C/[C@H](CCCCCOC(C)=O)OC(C)=O)=C1CCC(=O)OC. The quantitative estimate of drug-likeness (QED) is 0.193. The molecule has 1 aliphatic carbocycles. The number of ether oxygens (including phenoxy) is 3. The molecule has 1 aliphatic rings. The number of allylic oxidation sites excluding steroid dienone is 3. The van der Waals surface area contributed by atoms with Gasteiger partial charge in [0, 0.05) is 20.3 Å². The van der Waals surface area contributed by atoms with Crippen LogP contribution in [0, 0.1) is 0 Å². The minimum Gasteiger partial charge on any atom is -0.469 e. The summed E-state index contributed by atoms with van der Waals surface area (Å²) in [4.78, 5) is 38.7. The number of hydrogen-bond acceptors (Lipinski definition) is 8. The number of hydrogen-bond donors (Lipinski definition) is 0. The second-order valence-corrected chi connectivity index (χ2v) is 7.00. The first-order valence-corrected chi connectivity index (χ1v) is 10.2. The highest BCUT2D eigenvalue weighted by molar-refractivity contribution is 6.03. The molecule has 0 unspecified atom stereocenters. The van der Waals surface area contributed by atoms with E-state index in [2.05, 4.69) is 5.16 Å². The van der Waals surface area contributed by atoms with E-state index >= 15 is 0 Å². The lowest BCUT2D eigenvalue weighted by molar-refractivity contribution is -0.145. The lowest BCUT2D eigenvalue weighted by Crippen LogP contribution is -2.14. The molecule has 0 heterocycles. The van der Waals surface area contributed by atoms with Crippen molar-refractivity contribution < 1.29 is 33.4 Å². The third kappa shape index (κ3) is 10.2. The fourth-order valence-corrected chi connectivity index (χ4v) is 3.24. The second-order valence-electron chi connectivity index (χ2n) is 7.00. The molecule has 0 aliphatic heterocycles. The minimum atomic E-state index is -0.339. The number of carbonyl (C=O) groups is 3. The summed E-state index contributed by atoms with van der Waals surface area (Å²) in [5.41, 5.74) is 2.86. The molecule has 0 aromatic carbocycles. The van der Waals surface area contributed by atoms with Gasteiger partial charge in [-0.15, -0.1) is 0 Å². The van der Waals surface area contributed by atoms with Crippen LogP contribution in [0.25, 0.3) is 0 Å². The fourth-order valence-electron chi connectivity index (χ4n) is 3.24. The van der Waals surface area contributed by atoms with Crippen LogP contribution in [0.5, 0.6) is 0 Å². The van der Waals surface area contributed by atoms with Crippen molar-refractivity contribution in [3.05, 3.63) is 23.3 Å². The predicted octanol–water partition coefficient (Wildman–Crippen LogP) is 3.64. The Hall–Kier alpha value is -2.64. The molecule has 0 radical (unpaired) electrons. The number of nitrogens with zero attached hydrogens (tertiary/aromatic N) is 1. The summed E-state index contributed by atoms with van der Waals surface area (Å²) >= 11 is 0. The van der Waals surface area contributed by atoms with Crippen molar-refractivity contribution in [2.75, 3.05) is 20.8 Å². The first kappa shape index (κ1) is 25.4. The Balaban J connectivity index is 2.75. The topological polar surface area (TPSA) is 100 Å². The van der Waals surface area contributed by atoms with Crippen molar-refractivity contribution in [2.45, 2.75) is 71.3 Å². The molecular weight excluding hydrogens is 390 g/mol. The second kappa shape index (κ2) is 14.4. The molecule has 1 rings (SSSR count). The first-order valence-electron chi connectivity index (χ1n) is 10.2. The summed E-state index contributed by atoms with van der Waals surface area (Å²) in [6.07, 6.45) is 8.97. The lowest BCUT2D eigenvalue weighted by Gasteiger charge is -2.13. The van der Waals surface area contributed by atoms with E-state index in [0.29, 0.717) is 19.4 Å². The van der Waals surface area contributed by atoms with E-state index in [4.69, 9.17) is 19.0 Å². The minimum absolute atomic E-state index is 0.265. The van der Waals surface area contributed by atoms with Crippen LogP contribution in [-0.4, -0.2) is 50.6 Å². The summed E-state index contributed by atoms with van der Waals surface area (Å²) in [7, 11) is 2.86. The number of carbonyl (C=O) groups excluding carboxylic acids is 3. The summed E-state index contributed by atoms with van der Waals surface area (Å²) in [6.45, 7) is 3.18. The van der Waals surface area contributed by atoms with E-state index in [9.17, 15) is 14.4 Å². The van der Waals surface area contributed by atoms with Crippen molar-refractivity contribution in [3.8, 4) is 0 Å². The van der Waals surface area contributed by atoms with E-state index in [-0.39, 0.29) is 30.4 Å². The van der Waals surface area contributed by atoms with Crippen molar-refractivity contribution >= 4 is 23.6 Å². The molecule has 8 heteroatoms. The summed E-state index contributed by atoms with van der Waals surface area (Å²) < 4.78 is 15.1. The fraction of sp³-hybridized carbons (Fsp3) is 0.636. The number of methoxy groups -OCH3 is 1. The predicted molar refractivity (Wildman–Crippen MR) is 112 cm³/mol. The zero-order valence-electron chi connectivity index (χ0n) is 18.4. The molecule has 0 fully saturated rings. The molecule has 1 atom stereocenters. The Morgan fingerprint density at radius 1 is 1.07 bits per heavy atom. The Morgan fingerprint density at radius 2 is 1.83 bits per heavy atom. The number of unbranched alkanes of at least 4 members (excludes halogenated alkanes) is 2. The van der Waals surface area contributed by atoms with Gasteiger partial charge >= 0.3 is 17.9 Å². The Bertz CT molecular complexity index is 679. The van der Waals surface area contributed by atoms with E-state index in [0.717, 1.165) is 49.0 Å². The van der Waals surface area contributed by atoms with E-state index in [1.807, 2.05) is 12.2 Å². The highest BCUT2D eigenvalue weighted by atomic mass is 16.6. The third-order valence-electron chi connectivity index (χ3n) is 4.64. The van der Waals surface area contributed by atoms with Crippen molar-refractivity contribution in [3.63, 3.8) is 0 Å². The van der Waals surface area contributed by atoms with E-state index in [1.54, 1.807) is 0 Å². The van der Waals surface area contributed by atoms with Gasteiger partial charge in [-0.05, 0) is 62.2 Å². The van der Waals surface area contributed by atoms with Gasteiger partial charge in [0.15, 0.2) is 0 Å². The van der Waals surface area contributed by atoms with Crippen LogP contribution in [0.2, 0.25) is 0 Å². The Labute approximate surface area is 178 Å². The molecule has 0 bridgehead atoms. The van der Waals surface area contributed by atoms with Crippen LogP contribution in [0.1, 0.15) is 65.2 Å². The summed E-state index contributed by atoms with van der Waals surface area (Å²) in [5.74, 6) is -0.890. The van der Waals surface area contributed by atoms with E-state index in [1.165, 1.54) is 28.1 Å². The third-order valence-corrected chi connectivity index (χ3v) is 4.64. The molecule has 30 heavy (non-hydrogen) atoms. The van der Waals surface area contributed by atoms with Crippen LogP contribution in [-0.2, 0) is 33.4 Å². The number of rotatable bonds is 13. The lowest BCUT2D eigenvalue weighted by atomic mass is 10.0. The van der Waals surface area contributed by atoms with Crippen LogP contribution in [0.15, 0.2) is 28.5 Å². The average Bonchev–Trinajstić information content (AvgIpc) is 3.07. The number of oxime groups is 1. The molecule has 0 saturated heterocycles. The van der Waals surface area contributed by atoms with Gasteiger partial charge in [-0.25, -0.2) is 0 Å². The zero-order chi connectivity index (χ0) is 22.4. The van der Waals surface area contributed by atoms with Gasteiger partial charge in [-0.2, -0.15) is 0 Å². The van der Waals surface area contributed by atoms with Crippen molar-refractivity contribution in [1.82, 2.24) is 0 Å². The van der Waals surface area contributed by atoms with Crippen LogP contribution in [0.4, 0.5) is 0 Å². The van der Waals surface area contributed by atoms with Gasteiger partial charge in [-0.1, -0.05) is 11.2 Å². The Kier molecular flexibility index (Phi) is 12.2. The van der Waals surface area contributed by atoms with Crippen LogP contribution >= 0.6 is 0 Å². The van der Waals surface area contributed by atoms with Gasteiger partial charge in [-0.3, -0.25) is 14.4 Å². The van der Waals surface area contributed by atoms with Gasteiger partial charge in [0.2, 0.25) is 0 Å². The standard InChI is InChI=1S/C22H33NO7/c1-16(24)29-15-7-5-6-8-19(30-17(2)25)11-9-18-10-13-21(23-28-4)20(18)12-14-22(26)27-3/h9,11,19H,5-8,10,12-15H2,1-4H3/b11-9+,23-21-/t19-/m0/s1. The van der Waals surface area contributed by atoms with Crippen molar-refractivity contribution in [1.29, 1.82) is 0 Å². The van der Waals surface area contributed by atoms with E-state index < -0.39 is 0 Å². The summed E-state index contributed by atoms with van der Waals surface area (Å²) in [6, 6.07) is 0. The average molecular weight is 424 g/mol. The van der Waals surface area contributed by atoms with Gasteiger partial charge in [0.25, 0.3) is 0 Å². The maximum atomic E-state index is 11.5. The molecule has 8 nitrogen and oxygen atoms in total. The van der Waals surface area contributed by atoms with Crippen LogP contribution in [0.3, 0.4) is 0 Å². The number of esters is 3.